The molecule has 0 saturated heterocycles. The van der Waals surface area contributed by atoms with Crippen LogP contribution in [-0.4, -0.2) is 5.91 Å². The molecule has 0 saturated carbocycles. The molecule has 94 valence electrons. The lowest BCUT2D eigenvalue weighted by atomic mass is 10.2. The van der Waals surface area contributed by atoms with Crippen LogP contribution >= 0.6 is 33.9 Å². The van der Waals surface area contributed by atoms with E-state index in [1.165, 1.54) is 9.75 Å². The van der Waals surface area contributed by atoms with Crippen molar-refractivity contribution in [3.8, 4) is 0 Å². The summed E-state index contributed by atoms with van der Waals surface area (Å²) in [5, 5.41) is 3.02. The minimum Gasteiger partial charge on any atom is -0.345 e. The van der Waals surface area contributed by atoms with Crippen LogP contribution < -0.4 is 5.32 Å². The van der Waals surface area contributed by atoms with Gasteiger partial charge in [0.15, 0.2) is 0 Å². The molecule has 0 bridgehead atoms. The first-order valence-electron chi connectivity index (χ1n) is 5.69. The molecule has 2 rings (SSSR count). The molecule has 1 atom stereocenters. The SMILES string of the molecule is Cc1ccc(C(C)NC(=O)c2cccc(I)c2)s1. The van der Waals surface area contributed by atoms with E-state index in [1.807, 2.05) is 31.2 Å². The fourth-order valence-electron chi connectivity index (χ4n) is 1.67. The molecule has 1 heterocycles. The zero-order valence-corrected chi connectivity index (χ0v) is 13.2. The summed E-state index contributed by atoms with van der Waals surface area (Å²) in [6.45, 7) is 4.08. The fourth-order valence-corrected chi connectivity index (χ4v) is 3.09. The molecule has 2 nitrogen and oxygen atoms in total. The van der Waals surface area contributed by atoms with Gasteiger partial charge in [0, 0.05) is 18.9 Å². The molecule has 4 heteroatoms. The lowest BCUT2D eigenvalue weighted by molar-refractivity contribution is 0.0940. The largest absolute Gasteiger partial charge is 0.345 e. The summed E-state index contributed by atoms with van der Waals surface area (Å²) in [5.74, 6) is -0.0212. The summed E-state index contributed by atoms with van der Waals surface area (Å²) in [5.41, 5.74) is 0.710. The van der Waals surface area contributed by atoms with Crippen LogP contribution in [0.1, 0.15) is 33.1 Å². The molecule has 18 heavy (non-hydrogen) atoms. The second-order valence-electron chi connectivity index (χ2n) is 4.15. The van der Waals surface area contributed by atoms with Crippen LogP contribution in [0.25, 0.3) is 0 Å². The van der Waals surface area contributed by atoms with Gasteiger partial charge in [-0.2, -0.15) is 0 Å². The van der Waals surface area contributed by atoms with E-state index in [2.05, 4.69) is 47.0 Å². The maximum absolute atomic E-state index is 12.1. The second-order valence-corrected chi connectivity index (χ2v) is 6.72. The number of halogens is 1. The van der Waals surface area contributed by atoms with Gasteiger partial charge < -0.3 is 5.32 Å². The molecule has 1 unspecified atom stereocenters. The Morgan fingerprint density at radius 3 is 2.72 bits per heavy atom. The number of carbonyl (C=O) groups excluding carboxylic acids is 1. The van der Waals surface area contributed by atoms with Crippen molar-refractivity contribution < 1.29 is 4.79 Å². The summed E-state index contributed by atoms with van der Waals surface area (Å²) in [6, 6.07) is 11.8. The van der Waals surface area contributed by atoms with Crippen LogP contribution in [-0.2, 0) is 0 Å². The highest BCUT2D eigenvalue weighted by Gasteiger charge is 2.12. The van der Waals surface area contributed by atoms with Gasteiger partial charge in [0.2, 0.25) is 0 Å². The van der Waals surface area contributed by atoms with Gasteiger partial charge in [-0.1, -0.05) is 6.07 Å². The Balaban J connectivity index is 2.08. The summed E-state index contributed by atoms with van der Waals surface area (Å²) in [7, 11) is 0. The third kappa shape index (κ3) is 3.32. The highest BCUT2D eigenvalue weighted by atomic mass is 127. The Morgan fingerprint density at radius 2 is 2.11 bits per heavy atom. The van der Waals surface area contributed by atoms with E-state index in [4.69, 9.17) is 0 Å². The van der Waals surface area contributed by atoms with Crippen molar-refractivity contribution in [2.75, 3.05) is 0 Å². The highest BCUT2D eigenvalue weighted by molar-refractivity contribution is 14.1. The van der Waals surface area contributed by atoms with Crippen LogP contribution in [0.4, 0.5) is 0 Å². The Hall–Kier alpha value is -0.880. The van der Waals surface area contributed by atoms with E-state index >= 15 is 0 Å². The van der Waals surface area contributed by atoms with Gasteiger partial charge in [0.05, 0.1) is 6.04 Å². The predicted octanol–water partition coefficient (Wildman–Crippen LogP) is 4.15. The molecule has 0 fully saturated rings. The molecule has 1 aromatic carbocycles. The normalized spacial score (nSPS) is 12.2. The minimum absolute atomic E-state index is 0.0212. The maximum Gasteiger partial charge on any atom is 0.251 e. The number of nitrogens with one attached hydrogen (secondary N) is 1. The molecular formula is C14H14INOS. The van der Waals surface area contributed by atoms with Crippen molar-refractivity contribution in [2.24, 2.45) is 0 Å². The smallest absolute Gasteiger partial charge is 0.251 e. The zero-order chi connectivity index (χ0) is 13.1. The van der Waals surface area contributed by atoms with Gasteiger partial charge in [0.25, 0.3) is 5.91 Å². The summed E-state index contributed by atoms with van der Waals surface area (Å²) >= 11 is 3.93. The average molecular weight is 371 g/mol. The van der Waals surface area contributed by atoms with E-state index in [-0.39, 0.29) is 11.9 Å². The third-order valence-corrected chi connectivity index (χ3v) is 4.48. The summed E-state index contributed by atoms with van der Waals surface area (Å²) < 4.78 is 1.07. The highest BCUT2D eigenvalue weighted by Crippen LogP contribution is 2.22. The molecule has 0 radical (unpaired) electrons. The number of hydrogen-bond donors (Lipinski definition) is 1. The van der Waals surface area contributed by atoms with Crippen LogP contribution in [0.15, 0.2) is 36.4 Å². The minimum atomic E-state index is -0.0212. The predicted molar refractivity (Wildman–Crippen MR) is 84.1 cm³/mol. The second kappa shape index (κ2) is 5.84. The van der Waals surface area contributed by atoms with Crippen LogP contribution in [0.2, 0.25) is 0 Å². The molecular weight excluding hydrogens is 357 g/mol. The standard InChI is InChI=1S/C14H14INOS/c1-9-6-7-13(18-9)10(2)16-14(17)11-4-3-5-12(15)8-11/h3-8,10H,1-2H3,(H,16,17). The van der Waals surface area contributed by atoms with E-state index in [9.17, 15) is 4.79 Å². The molecule has 0 aliphatic heterocycles. The molecule has 2 aromatic rings. The number of rotatable bonds is 3. The van der Waals surface area contributed by atoms with Crippen molar-refractivity contribution in [1.29, 1.82) is 0 Å². The maximum atomic E-state index is 12.1. The molecule has 0 aliphatic rings. The fraction of sp³-hybridized carbons (Fsp3) is 0.214. The number of carbonyl (C=O) groups is 1. The molecule has 1 aromatic heterocycles. The number of benzene rings is 1. The first kappa shape index (κ1) is 13.5. The average Bonchev–Trinajstić information content (AvgIpc) is 2.76. The van der Waals surface area contributed by atoms with Crippen molar-refractivity contribution >= 4 is 39.8 Å². The van der Waals surface area contributed by atoms with Gasteiger partial charge in [0.1, 0.15) is 0 Å². The van der Waals surface area contributed by atoms with Gasteiger partial charge in [-0.05, 0) is 66.8 Å². The lowest BCUT2D eigenvalue weighted by Crippen LogP contribution is -2.26. The molecule has 1 amide bonds. The Morgan fingerprint density at radius 1 is 1.33 bits per heavy atom. The Labute approximate surface area is 125 Å². The van der Waals surface area contributed by atoms with Crippen LogP contribution in [0, 0.1) is 10.5 Å². The summed E-state index contributed by atoms with van der Waals surface area (Å²) in [6.07, 6.45) is 0. The number of hydrogen-bond acceptors (Lipinski definition) is 2. The molecule has 0 aliphatic carbocycles. The number of amides is 1. The van der Waals surface area contributed by atoms with Gasteiger partial charge in [-0.25, -0.2) is 0 Å². The number of thiophene rings is 1. The van der Waals surface area contributed by atoms with E-state index < -0.39 is 0 Å². The monoisotopic (exact) mass is 371 g/mol. The van der Waals surface area contributed by atoms with Crippen LogP contribution in [0.5, 0.6) is 0 Å². The van der Waals surface area contributed by atoms with Crippen molar-refractivity contribution in [3.05, 3.63) is 55.3 Å². The first-order chi connectivity index (χ1) is 8.56. The van der Waals surface area contributed by atoms with Gasteiger partial charge in [-0.15, -0.1) is 11.3 Å². The molecule has 0 spiro atoms. The van der Waals surface area contributed by atoms with E-state index in [1.54, 1.807) is 11.3 Å². The van der Waals surface area contributed by atoms with Crippen LogP contribution in [0.3, 0.4) is 0 Å². The topological polar surface area (TPSA) is 29.1 Å². The van der Waals surface area contributed by atoms with E-state index in [0.717, 1.165) is 3.57 Å². The van der Waals surface area contributed by atoms with Crippen molar-refractivity contribution in [2.45, 2.75) is 19.9 Å². The Kier molecular flexibility index (Phi) is 4.40. The summed E-state index contributed by atoms with van der Waals surface area (Å²) in [4.78, 5) is 14.5. The number of aryl methyl sites for hydroxylation is 1. The van der Waals surface area contributed by atoms with Gasteiger partial charge >= 0.3 is 0 Å². The van der Waals surface area contributed by atoms with E-state index in [0.29, 0.717) is 5.56 Å². The van der Waals surface area contributed by atoms with Gasteiger partial charge in [-0.3, -0.25) is 4.79 Å². The Bertz CT molecular complexity index is 564. The van der Waals surface area contributed by atoms with Crippen molar-refractivity contribution in [1.82, 2.24) is 5.32 Å². The molecule has 1 N–H and O–H groups in total. The lowest BCUT2D eigenvalue weighted by Gasteiger charge is -2.12. The quantitative estimate of drug-likeness (QED) is 0.807. The van der Waals surface area contributed by atoms with Crippen molar-refractivity contribution in [3.63, 3.8) is 0 Å². The zero-order valence-electron chi connectivity index (χ0n) is 10.2. The third-order valence-electron chi connectivity index (χ3n) is 2.62. The first-order valence-corrected chi connectivity index (χ1v) is 7.58.